The average molecular weight is 215 g/mol. The van der Waals surface area contributed by atoms with Crippen LogP contribution in [-0.4, -0.2) is 32.0 Å². The van der Waals surface area contributed by atoms with E-state index in [-0.39, 0.29) is 12.2 Å². The number of hydrogen-bond acceptors (Lipinski definition) is 3. The van der Waals surface area contributed by atoms with Gasteiger partial charge in [0.25, 0.3) is 0 Å². The van der Waals surface area contributed by atoms with Crippen molar-refractivity contribution >= 4 is 6.09 Å². The molecule has 0 spiro atoms. The fraction of sp³-hybridized carbons (Fsp3) is 0.909. The maximum atomic E-state index is 11.0. The Morgan fingerprint density at radius 1 is 1.47 bits per heavy atom. The molecule has 0 aromatic carbocycles. The van der Waals surface area contributed by atoms with Gasteiger partial charge in [-0.15, -0.1) is 0 Å². The molecule has 0 aromatic heterocycles. The summed E-state index contributed by atoms with van der Waals surface area (Å²) in [6.07, 6.45) is 3.08. The Hall–Kier alpha value is -0.770. The van der Waals surface area contributed by atoms with Crippen LogP contribution in [0.3, 0.4) is 0 Å². The van der Waals surface area contributed by atoms with Gasteiger partial charge in [0.2, 0.25) is 0 Å². The summed E-state index contributed by atoms with van der Waals surface area (Å²) in [5, 5.41) is 2.68. The smallest absolute Gasteiger partial charge is 0.407 e. The fourth-order valence-corrected chi connectivity index (χ4v) is 1.15. The van der Waals surface area contributed by atoms with Crippen LogP contribution < -0.4 is 5.32 Å². The Morgan fingerprint density at radius 2 is 2.20 bits per heavy atom. The largest absolute Gasteiger partial charge is 0.447 e. The molecule has 1 rings (SSSR count). The first-order valence-electron chi connectivity index (χ1n) is 5.70. The highest BCUT2D eigenvalue weighted by Gasteiger charge is 2.20. The van der Waals surface area contributed by atoms with Gasteiger partial charge in [0.1, 0.15) is 0 Å². The topological polar surface area (TPSA) is 47.6 Å². The molecule has 0 aliphatic heterocycles. The molecule has 0 bridgehead atoms. The summed E-state index contributed by atoms with van der Waals surface area (Å²) in [7, 11) is 0. The number of rotatable bonds is 7. The van der Waals surface area contributed by atoms with Gasteiger partial charge in [0.05, 0.1) is 6.10 Å². The number of hydrogen-bond donors (Lipinski definition) is 1. The van der Waals surface area contributed by atoms with Gasteiger partial charge in [-0.1, -0.05) is 0 Å². The molecule has 1 aliphatic rings. The summed E-state index contributed by atoms with van der Waals surface area (Å²) >= 11 is 0. The van der Waals surface area contributed by atoms with E-state index in [2.05, 4.69) is 5.32 Å². The minimum atomic E-state index is -0.341. The van der Waals surface area contributed by atoms with Crippen molar-refractivity contribution in [3.63, 3.8) is 0 Å². The minimum absolute atomic E-state index is 0.0592. The quantitative estimate of drug-likeness (QED) is 0.660. The number of carbonyl (C=O) groups is 1. The van der Waals surface area contributed by atoms with Crippen molar-refractivity contribution in [3.8, 4) is 0 Å². The van der Waals surface area contributed by atoms with E-state index in [1.165, 1.54) is 12.8 Å². The summed E-state index contributed by atoms with van der Waals surface area (Å²) in [5.74, 6) is 0.809. The minimum Gasteiger partial charge on any atom is -0.447 e. The standard InChI is InChI=1S/C11H21NO3/c1-9(2)15-11(13)12-6-3-7-14-8-10-4-5-10/h9-10H,3-8H2,1-2H3,(H,12,13). The highest BCUT2D eigenvalue weighted by molar-refractivity contribution is 5.67. The number of carbonyl (C=O) groups excluding carboxylic acids is 1. The third kappa shape index (κ3) is 7.19. The molecule has 0 radical (unpaired) electrons. The van der Waals surface area contributed by atoms with Gasteiger partial charge in [0, 0.05) is 19.8 Å². The molecule has 0 unspecified atom stereocenters. The van der Waals surface area contributed by atoms with Crippen LogP contribution in [-0.2, 0) is 9.47 Å². The highest BCUT2D eigenvalue weighted by Crippen LogP contribution is 2.28. The Balaban J connectivity index is 1.80. The first kappa shape index (κ1) is 12.3. The molecule has 0 atom stereocenters. The molecular formula is C11H21NO3. The van der Waals surface area contributed by atoms with Crippen LogP contribution in [0.1, 0.15) is 33.1 Å². The molecular weight excluding hydrogens is 194 g/mol. The van der Waals surface area contributed by atoms with Gasteiger partial charge in [-0.05, 0) is 39.0 Å². The van der Waals surface area contributed by atoms with Crippen molar-refractivity contribution in [2.75, 3.05) is 19.8 Å². The van der Waals surface area contributed by atoms with Crippen molar-refractivity contribution in [1.29, 1.82) is 0 Å². The molecule has 4 nitrogen and oxygen atoms in total. The van der Waals surface area contributed by atoms with Gasteiger partial charge < -0.3 is 14.8 Å². The van der Waals surface area contributed by atoms with Gasteiger partial charge in [0.15, 0.2) is 0 Å². The Morgan fingerprint density at radius 3 is 2.80 bits per heavy atom. The highest BCUT2D eigenvalue weighted by atomic mass is 16.6. The first-order valence-corrected chi connectivity index (χ1v) is 5.70. The lowest BCUT2D eigenvalue weighted by Crippen LogP contribution is -2.28. The van der Waals surface area contributed by atoms with E-state index in [0.29, 0.717) is 6.54 Å². The van der Waals surface area contributed by atoms with E-state index in [9.17, 15) is 4.79 Å². The van der Waals surface area contributed by atoms with Gasteiger partial charge in [-0.3, -0.25) is 0 Å². The number of alkyl carbamates (subject to hydrolysis) is 1. The number of nitrogens with one attached hydrogen (secondary N) is 1. The predicted octanol–water partition coefficient (Wildman–Crippen LogP) is 1.94. The van der Waals surface area contributed by atoms with Crippen LogP contribution in [0.2, 0.25) is 0 Å². The first-order chi connectivity index (χ1) is 7.18. The Labute approximate surface area is 91.3 Å². The summed E-state index contributed by atoms with van der Waals surface area (Å²) in [6.45, 7) is 5.89. The van der Waals surface area contributed by atoms with Gasteiger partial charge in [-0.2, -0.15) is 0 Å². The van der Waals surface area contributed by atoms with E-state index in [0.717, 1.165) is 25.6 Å². The monoisotopic (exact) mass is 215 g/mol. The molecule has 0 heterocycles. The van der Waals surface area contributed by atoms with Crippen LogP contribution >= 0.6 is 0 Å². The maximum absolute atomic E-state index is 11.0. The summed E-state index contributed by atoms with van der Waals surface area (Å²) < 4.78 is 10.3. The molecule has 0 saturated heterocycles. The molecule has 1 amide bonds. The lowest BCUT2D eigenvalue weighted by atomic mass is 10.4. The van der Waals surface area contributed by atoms with E-state index in [1.807, 2.05) is 13.8 Å². The molecule has 4 heteroatoms. The molecule has 1 aliphatic carbocycles. The molecule has 1 N–H and O–H groups in total. The zero-order valence-electron chi connectivity index (χ0n) is 9.62. The van der Waals surface area contributed by atoms with Crippen LogP contribution in [0.5, 0.6) is 0 Å². The summed E-state index contributed by atoms with van der Waals surface area (Å²) in [6, 6.07) is 0. The predicted molar refractivity (Wildman–Crippen MR) is 57.8 cm³/mol. The summed E-state index contributed by atoms with van der Waals surface area (Å²) in [4.78, 5) is 11.0. The number of ether oxygens (including phenoxy) is 2. The lowest BCUT2D eigenvalue weighted by molar-refractivity contribution is 0.108. The summed E-state index contributed by atoms with van der Waals surface area (Å²) in [5.41, 5.74) is 0. The van der Waals surface area contributed by atoms with Crippen LogP contribution in [0.4, 0.5) is 4.79 Å². The zero-order valence-corrected chi connectivity index (χ0v) is 9.62. The Bertz CT molecular complexity index is 190. The van der Waals surface area contributed by atoms with E-state index in [4.69, 9.17) is 9.47 Å². The van der Waals surface area contributed by atoms with E-state index < -0.39 is 0 Å². The molecule has 1 saturated carbocycles. The normalized spacial score (nSPS) is 15.4. The van der Waals surface area contributed by atoms with Crippen molar-refractivity contribution in [2.45, 2.75) is 39.2 Å². The van der Waals surface area contributed by atoms with Crippen LogP contribution in [0, 0.1) is 5.92 Å². The second-order valence-corrected chi connectivity index (χ2v) is 4.25. The van der Waals surface area contributed by atoms with Crippen molar-refractivity contribution < 1.29 is 14.3 Å². The van der Waals surface area contributed by atoms with Gasteiger partial charge in [-0.25, -0.2) is 4.79 Å². The SMILES string of the molecule is CC(C)OC(=O)NCCCOCC1CC1. The average Bonchev–Trinajstić information content (AvgIpc) is 2.93. The number of amides is 1. The zero-order chi connectivity index (χ0) is 11.1. The Kier molecular flexibility index (Phi) is 5.47. The third-order valence-corrected chi connectivity index (χ3v) is 2.13. The van der Waals surface area contributed by atoms with Crippen molar-refractivity contribution in [3.05, 3.63) is 0 Å². The molecule has 1 fully saturated rings. The van der Waals surface area contributed by atoms with E-state index in [1.54, 1.807) is 0 Å². The van der Waals surface area contributed by atoms with E-state index >= 15 is 0 Å². The fourth-order valence-electron chi connectivity index (χ4n) is 1.15. The van der Waals surface area contributed by atoms with Crippen molar-refractivity contribution in [1.82, 2.24) is 5.32 Å². The molecule has 15 heavy (non-hydrogen) atoms. The maximum Gasteiger partial charge on any atom is 0.407 e. The second kappa shape index (κ2) is 6.67. The lowest BCUT2D eigenvalue weighted by Gasteiger charge is -2.09. The third-order valence-electron chi connectivity index (χ3n) is 2.13. The molecule has 88 valence electrons. The van der Waals surface area contributed by atoms with Crippen molar-refractivity contribution in [2.24, 2.45) is 5.92 Å². The van der Waals surface area contributed by atoms with Gasteiger partial charge >= 0.3 is 6.09 Å². The molecule has 0 aromatic rings. The van der Waals surface area contributed by atoms with Crippen LogP contribution in [0.25, 0.3) is 0 Å². The van der Waals surface area contributed by atoms with Crippen LogP contribution in [0.15, 0.2) is 0 Å². The second-order valence-electron chi connectivity index (χ2n) is 4.25.